The first-order valence-electron chi connectivity index (χ1n) is 4.32. The van der Waals surface area contributed by atoms with E-state index in [1.807, 2.05) is 0 Å². The highest BCUT2D eigenvalue weighted by Crippen LogP contribution is 2.35. The van der Waals surface area contributed by atoms with E-state index in [9.17, 15) is 13.2 Å². The van der Waals surface area contributed by atoms with E-state index in [1.165, 1.54) is 0 Å². The second-order valence-corrected chi connectivity index (χ2v) is 3.57. The van der Waals surface area contributed by atoms with Gasteiger partial charge in [-0.15, -0.1) is 0 Å². The quantitative estimate of drug-likeness (QED) is 0.571. The summed E-state index contributed by atoms with van der Waals surface area (Å²) in [4.78, 5) is 0. The van der Waals surface area contributed by atoms with Crippen molar-refractivity contribution in [3.8, 4) is 0 Å². The molecular weight excluding hydrogens is 165 g/mol. The Balaban J connectivity index is 2.50. The lowest BCUT2D eigenvalue weighted by Crippen LogP contribution is -2.13. The van der Waals surface area contributed by atoms with Gasteiger partial charge in [-0.1, -0.05) is 19.8 Å². The highest BCUT2D eigenvalue weighted by molar-refractivity contribution is 4.99. The molecule has 1 fully saturated rings. The third-order valence-electron chi connectivity index (χ3n) is 2.55. The van der Waals surface area contributed by atoms with Crippen LogP contribution in [0, 0.1) is 11.8 Å². The summed E-state index contributed by atoms with van der Waals surface area (Å²) in [6.45, 7) is 2.07. The summed E-state index contributed by atoms with van der Waals surface area (Å²) in [5.74, 6) is -1.12. The third kappa shape index (κ3) is 2.26. The predicted molar refractivity (Wildman–Crippen MR) is 41.5 cm³/mol. The van der Waals surface area contributed by atoms with Gasteiger partial charge in [0.05, 0.1) is 0 Å². The summed E-state index contributed by atoms with van der Waals surface area (Å²) in [6.07, 6.45) is 0.750. The maximum absolute atomic E-state index is 12.7. The maximum atomic E-state index is 12.7. The Bertz CT molecular complexity index is 174. The van der Waals surface area contributed by atoms with Crippen molar-refractivity contribution in [3.05, 3.63) is 11.9 Å². The zero-order valence-electron chi connectivity index (χ0n) is 7.12. The molecule has 0 aromatic heterocycles. The molecule has 0 amide bonds. The number of allylic oxidation sites excluding steroid dienone is 1. The Morgan fingerprint density at radius 1 is 1.00 bits per heavy atom. The van der Waals surface area contributed by atoms with E-state index < -0.39 is 17.8 Å². The first-order valence-corrected chi connectivity index (χ1v) is 4.32. The summed E-state index contributed by atoms with van der Waals surface area (Å²) < 4.78 is 36.3. The van der Waals surface area contributed by atoms with Crippen LogP contribution in [0.5, 0.6) is 0 Å². The average Bonchev–Trinajstić information content (AvgIpc) is 2.04. The molecule has 0 atom stereocenters. The van der Waals surface area contributed by atoms with Crippen molar-refractivity contribution in [1.29, 1.82) is 0 Å². The van der Waals surface area contributed by atoms with Crippen molar-refractivity contribution in [2.24, 2.45) is 11.8 Å². The lowest BCUT2D eigenvalue weighted by Gasteiger charge is -2.24. The first kappa shape index (κ1) is 9.62. The molecule has 0 N–H and O–H groups in total. The van der Waals surface area contributed by atoms with Crippen LogP contribution in [0.15, 0.2) is 11.9 Å². The van der Waals surface area contributed by atoms with E-state index in [-0.39, 0.29) is 0 Å². The largest absolute Gasteiger partial charge is 0.301 e. The number of hydrogen-bond donors (Lipinski definition) is 0. The average molecular weight is 178 g/mol. The number of halogens is 3. The molecule has 0 aliphatic heterocycles. The van der Waals surface area contributed by atoms with Gasteiger partial charge in [-0.3, -0.25) is 0 Å². The molecule has 1 saturated carbocycles. The van der Waals surface area contributed by atoms with E-state index in [1.54, 1.807) is 0 Å². The molecule has 12 heavy (non-hydrogen) atoms. The molecule has 0 nitrogen and oxygen atoms in total. The predicted octanol–water partition coefficient (Wildman–Crippen LogP) is 3.89. The molecule has 1 rings (SSSR count). The van der Waals surface area contributed by atoms with Crippen LogP contribution in [-0.4, -0.2) is 0 Å². The van der Waals surface area contributed by atoms with Gasteiger partial charge in [0.2, 0.25) is 0 Å². The van der Waals surface area contributed by atoms with Gasteiger partial charge in [-0.2, -0.15) is 8.78 Å². The van der Waals surface area contributed by atoms with Crippen LogP contribution in [0.25, 0.3) is 0 Å². The van der Waals surface area contributed by atoms with Crippen LogP contribution in [0.2, 0.25) is 0 Å². The van der Waals surface area contributed by atoms with E-state index in [0.29, 0.717) is 18.8 Å². The Kier molecular flexibility index (Phi) is 3.18. The fourth-order valence-electron chi connectivity index (χ4n) is 1.67. The SMILES string of the molecule is CC1CCC(C(F)=C(F)F)CC1. The van der Waals surface area contributed by atoms with E-state index in [2.05, 4.69) is 6.92 Å². The lowest BCUT2D eigenvalue weighted by atomic mass is 9.82. The molecule has 0 unspecified atom stereocenters. The molecule has 0 heterocycles. The summed E-state index contributed by atoms with van der Waals surface area (Å²) >= 11 is 0. The zero-order chi connectivity index (χ0) is 9.14. The first-order chi connectivity index (χ1) is 5.61. The third-order valence-corrected chi connectivity index (χ3v) is 2.55. The summed E-state index contributed by atoms with van der Waals surface area (Å²) in [5.41, 5.74) is 0. The van der Waals surface area contributed by atoms with Gasteiger partial charge in [0.25, 0.3) is 0 Å². The fraction of sp³-hybridized carbons (Fsp3) is 0.778. The Labute approximate surface area is 70.5 Å². The molecule has 1 aliphatic rings. The minimum absolute atomic E-state index is 0.508. The van der Waals surface area contributed by atoms with Crippen molar-refractivity contribution in [3.63, 3.8) is 0 Å². The standard InChI is InChI=1S/C9H13F3/c1-6-2-4-7(5-3-6)8(10)9(11)12/h6-7H,2-5H2,1H3. The van der Waals surface area contributed by atoms with Crippen LogP contribution in [0.4, 0.5) is 13.2 Å². The monoisotopic (exact) mass is 178 g/mol. The van der Waals surface area contributed by atoms with Gasteiger partial charge in [-0.25, -0.2) is 4.39 Å². The van der Waals surface area contributed by atoms with Gasteiger partial charge >= 0.3 is 6.08 Å². The second kappa shape index (κ2) is 3.97. The van der Waals surface area contributed by atoms with Crippen molar-refractivity contribution >= 4 is 0 Å². The number of rotatable bonds is 1. The smallest absolute Gasteiger partial charge is 0.206 e. The minimum Gasteiger partial charge on any atom is -0.206 e. The van der Waals surface area contributed by atoms with Crippen LogP contribution >= 0.6 is 0 Å². The minimum atomic E-state index is -2.13. The molecule has 0 spiro atoms. The molecule has 1 aliphatic carbocycles. The van der Waals surface area contributed by atoms with Crippen molar-refractivity contribution < 1.29 is 13.2 Å². The summed E-state index contributed by atoms with van der Waals surface area (Å²) in [5, 5.41) is 0. The van der Waals surface area contributed by atoms with Crippen molar-refractivity contribution in [2.45, 2.75) is 32.6 Å². The topological polar surface area (TPSA) is 0 Å². The molecule has 3 heteroatoms. The van der Waals surface area contributed by atoms with E-state index in [0.717, 1.165) is 12.8 Å². The normalized spacial score (nSPS) is 30.0. The van der Waals surface area contributed by atoms with Gasteiger partial charge in [0, 0.05) is 5.92 Å². The lowest BCUT2D eigenvalue weighted by molar-refractivity contribution is 0.261. The van der Waals surface area contributed by atoms with Crippen LogP contribution in [0.1, 0.15) is 32.6 Å². The molecule has 0 saturated heterocycles. The van der Waals surface area contributed by atoms with Crippen LogP contribution in [0.3, 0.4) is 0 Å². The van der Waals surface area contributed by atoms with Crippen LogP contribution < -0.4 is 0 Å². The van der Waals surface area contributed by atoms with Gasteiger partial charge in [-0.05, 0) is 18.8 Å². The Hall–Kier alpha value is -0.470. The van der Waals surface area contributed by atoms with Crippen molar-refractivity contribution in [1.82, 2.24) is 0 Å². The highest BCUT2D eigenvalue weighted by atomic mass is 19.3. The zero-order valence-corrected chi connectivity index (χ0v) is 7.12. The molecule has 0 bridgehead atoms. The van der Waals surface area contributed by atoms with E-state index in [4.69, 9.17) is 0 Å². The van der Waals surface area contributed by atoms with Gasteiger partial charge in [0.15, 0.2) is 5.83 Å². The molecule has 0 aromatic rings. The van der Waals surface area contributed by atoms with E-state index >= 15 is 0 Å². The van der Waals surface area contributed by atoms with Gasteiger partial charge in [0.1, 0.15) is 0 Å². The number of hydrogen-bond acceptors (Lipinski definition) is 0. The molecule has 0 aromatic carbocycles. The maximum Gasteiger partial charge on any atom is 0.301 e. The Morgan fingerprint density at radius 2 is 1.50 bits per heavy atom. The summed E-state index contributed by atoms with van der Waals surface area (Å²) in [7, 11) is 0. The molecule has 0 radical (unpaired) electrons. The molecular formula is C9H13F3. The van der Waals surface area contributed by atoms with Crippen LogP contribution in [-0.2, 0) is 0 Å². The van der Waals surface area contributed by atoms with Crippen molar-refractivity contribution in [2.75, 3.05) is 0 Å². The van der Waals surface area contributed by atoms with Gasteiger partial charge < -0.3 is 0 Å². The highest BCUT2D eigenvalue weighted by Gasteiger charge is 2.24. The summed E-state index contributed by atoms with van der Waals surface area (Å²) in [6, 6.07) is 0. The second-order valence-electron chi connectivity index (χ2n) is 3.57. The molecule has 70 valence electrons. The Morgan fingerprint density at radius 3 is 1.92 bits per heavy atom. The fourth-order valence-corrected chi connectivity index (χ4v) is 1.67.